The number of rotatable bonds is 4. The zero-order chi connectivity index (χ0) is 13.7. The third kappa shape index (κ3) is 4.13. The summed E-state index contributed by atoms with van der Waals surface area (Å²) in [5.74, 6) is 0.0194. The van der Waals surface area contributed by atoms with Gasteiger partial charge in [-0.2, -0.15) is 0 Å². The highest BCUT2D eigenvalue weighted by atomic mass is 35.5. The lowest BCUT2D eigenvalue weighted by Gasteiger charge is -2.24. The molecule has 0 bridgehead atoms. The molecule has 0 saturated heterocycles. The van der Waals surface area contributed by atoms with Gasteiger partial charge in [-0.05, 0) is 31.0 Å². The van der Waals surface area contributed by atoms with Crippen LogP contribution >= 0.6 is 11.6 Å². The van der Waals surface area contributed by atoms with E-state index in [1.54, 1.807) is 0 Å². The first kappa shape index (κ1) is 14.2. The van der Waals surface area contributed by atoms with E-state index in [9.17, 15) is 4.79 Å². The Balaban J connectivity index is 2.05. The van der Waals surface area contributed by atoms with E-state index >= 15 is 0 Å². The highest BCUT2D eigenvalue weighted by Crippen LogP contribution is 2.29. The molecule has 3 nitrogen and oxygen atoms in total. The minimum atomic E-state index is 0.0194. The molecular formula is C15H21ClN2O. The summed E-state index contributed by atoms with van der Waals surface area (Å²) in [6.07, 6.45) is 6.76. The summed E-state index contributed by atoms with van der Waals surface area (Å²) in [6.45, 7) is 1.84. The van der Waals surface area contributed by atoms with Crippen LogP contribution in [0.15, 0.2) is 18.2 Å². The fourth-order valence-electron chi connectivity index (χ4n) is 2.43. The molecule has 1 saturated carbocycles. The number of anilines is 2. The lowest BCUT2D eigenvalue weighted by molar-refractivity contribution is -0.115. The summed E-state index contributed by atoms with van der Waals surface area (Å²) < 4.78 is 0. The normalized spacial score (nSPS) is 16.1. The fourth-order valence-corrected chi connectivity index (χ4v) is 2.60. The largest absolute Gasteiger partial charge is 0.381 e. The van der Waals surface area contributed by atoms with Gasteiger partial charge in [-0.3, -0.25) is 4.79 Å². The molecule has 0 radical (unpaired) electrons. The Morgan fingerprint density at radius 1 is 1.32 bits per heavy atom. The number of halogens is 1. The monoisotopic (exact) mass is 280 g/mol. The van der Waals surface area contributed by atoms with Crippen LogP contribution in [0.4, 0.5) is 11.4 Å². The molecule has 2 rings (SSSR count). The molecular weight excluding hydrogens is 260 g/mol. The third-order valence-corrected chi connectivity index (χ3v) is 3.87. The smallest absolute Gasteiger partial charge is 0.224 e. The molecule has 1 aromatic carbocycles. The summed E-state index contributed by atoms with van der Waals surface area (Å²) >= 11 is 6.21. The highest BCUT2D eigenvalue weighted by Gasteiger charge is 2.14. The molecule has 0 unspecified atom stereocenters. The first-order valence-electron chi connectivity index (χ1n) is 7.05. The number of nitrogens with one attached hydrogen (secondary N) is 2. The average molecular weight is 281 g/mol. The van der Waals surface area contributed by atoms with Crippen LogP contribution in [-0.2, 0) is 4.79 Å². The van der Waals surface area contributed by atoms with Crippen molar-refractivity contribution in [3.63, 3.8) is 0 Å². The van der Waals surface area contributed by atoms with Crippen LogP contribution in [-0.4, -0.2) is 11.9 Å². The van der Waals surface area contributed by atoms with Crippen molar-refractivity contribution in [2.75, 3.05) is 10.6 Å². The molecule has 0 spiro atoms. The van der Waals surface area contributed by atoms with Gasteiger partial charge in [-0.25, -0.2) is 0 Å². The Bertz CT molecular complexity index is 442. The molecule has 1 fully saturated rings. The van der Waals surface area contributed by atoms with E-state index in [1.165, 1.54) is 32.1 Å². The highest BCUT2D eigenvalue weighted by molar-refractivity contribution is 6.33. The van der Waals surface area contributed by atoms with E-state index in [0.717, 1.165) is 11.4 Å². The van der Waals surface area contributed by atoms with Gasteiger partial charge in [-0.15, -0.1) is 0 Å². The van der Waals surface area contributed by atoms with E-state index in [0.29, 0.717) is 17.5 Å². The number of carbonyl (C=O) groups excluding carboxylic acids is 1. The number of hydrogen-bond acceptors (Lipinski definition) is 2. The summed E-state index contributed by atoms with van der Waals surface area (Å²) in [7, 11) is 0. The van der Waals surface area contributed by atoms with Gasteiger partial charge in [-0.1, -0.05) is 37.8 Å². The first-order valence-corrected chi connectivity index (χ1v) is 7.42. The predicted octanol–water partition coefficient (Wildman–Crippen LogP) is 4.43. The first-order chi connectivity index (χ1) is 9.19. The van der Waals surface area contributed by atoms with Crippen molar-refractivity contribution in [2.24, 2.45) is 0 Å². The van der Waals surface area contributed by atoms with Crippen LogP contribution in [0.5, 0.6) is 0 Å². The zero-order valence-electron chi connectivity index (χ0n) is 11.3. The maximum absolute atomic E-state index is 11.4. The molecule has 4 heteroatoms. The second-order valence-electron chi connectivity index (χ2n) is 5.08. The van der Waals surface area contributed by atoms with Crippen molar-refractivity contribution >= 4 is 28.9 Å². The molecule has 1 aromatic rings. The van der Waals surface area contributed by atoms with Gasteiger partial charge in [0.1, 0.15) is 0 Å². The minimum absolute atomic E-state index is 0.0194. The topological polar surface area (TPSA) is 41.1 Å². The van der Waals surface area contributed by atoms with E-state index < -0.39 is 0 Å². The standard InChI is InChI=1S/C15H21ClN2O/c1-2-15(19)18-12-8-9-13(16)14(10-12)17-11-6-4-3-5-7-11/h8-11,17H,2-7H2,1H3,(H,18,19). The van der Waals surface area contributed by atoms with Crippen LogP contribution in [0.1, 0.15) is 45.4 Å². The molecule has 0 heterocycles. The van der Waals surface area contributed by atoms with Crippen LogP contribution in [0.25, 0.3) is 0 Å². The molecule has 0 aliphatic heterocycles. The van der Waals surface area contributed by atoms with Crippen LogP contribution in [0.3, 0.4) is 0 Å². The zero-order valence-corrected chi connectivity index (χ0v) is 12.1. The molecule has 104 valence electrons. The lowest BCUT2D eigenvalue weighted by Crippen LogP contribution is -2.22. The van der Waals surface area contributed by atoms with Crippen LogP contribution in [0.2, 0.25) is 5.02 Å². The van der Waals surface area contributed by atoms with Gasteiger partial charge in [0.15, 0.2) is 0 Å². The number of carbonyl (C=O) groups is 1. The summed E-state index contributed by atoms with van der Waals surface area (Å²) in [5, 5.41) is 7.06. The van der Waals surface area contributed by atoms with Gasteiger partial charge in [0.25, 0.3) is 0 Å². The number of hydrogen-bond donors (Lipinski definition) is 2. The third-order valence-electron chi connectivity index (χ3n) is 3.54. The molecule has 0 aromatic heterocycles. The molecule has 1 amide bonds. The second-order valence-corrected chi connectivity index (χ2v) is 5.48. The van der Waals surface area contributed by atoms with Crippen LogP contribution in [0, 0.1) is 0 Å². The number of benzene rings is 1. The molecule has 2 N–H and O–H groups in total. The minimum Gasteiger partial charge on any atom is -0.381 e. The summed E-state index contributed by atoms with van der Waals surface area (Å²) in [6, 6.07) is 6.09. The Hall–Kier alpha value is -1.22. The van der Waals surface area contributed by atoms with Gasteiger partial charge in [0.2, 0.25) is 5.91 Å². The maximum atomic E-state index is 11.4. The molecule has 0 atom stereocenters. The van der Waals surface area contributed by atoms with Crippen molar-refractivity contribution in [3.8, 4) is 0 Å². The van der Waals surface area contributed by atoms with E-state index in [4.69, 9.17) is 11.6 Å². The Labute approximate surface area is 119 Å². The van der Waals surface area contributed by atoms with Crippen molar-refractivity contribution in [2.45, 2.75) is 51.5 Å². The van der Waals surface area contributed by atoms with Gasteiger partial charge >= 0.3 is 0 Å². The molecule has 1 aliphatic rings. The molecule has 19 heavy (non-hydrogen) atoms. The van der Waals surface area contributed by atoms with Crippen molar-refractivity contribution < 1.29 is 4.79 Å². The van der Waals surface area contributed by atoms with E-state index in [-0.39, 0.29) is 5.91 Å². The summed E-state index contributed by atoms with van der Waals surface area (Å²) in [5.41, 5.74) is 1.72. The predicted molar refractivity (Wildman–Crippen MR) is 80.9 cm³/mol. The van der Waals surface area contributed by atoms with Crippen LogP contribution < -0.4 is 10.6 Å². The van der Waals surface area contributed by atoms with Gasteiger partial charge < -0.3 is 10.6 Å². The SMILES string of the molecule is CCC(=O)Nc1ccc(Cl)c(NC2CCCCC2)c1. The Kier molecular flexibility index (Phi) is 5.08. The van der Waals surface area contributed by atoms with Crippen molar-refractivity contribution in [1.29, 1.82) is 0 Å². The van der Waals surface area contributed by atoms with Crippen molar-refractivity contribution in [1.82, 2.24) is 0 Å². The fraction of sp³-hybridized carbons (Fsp3) is 0.533. The van der Waals surface area contributed by atoms with Gasteiger partial charge in [0, 0.05) is 18.2 Å². The molecule has 1 aliphatic carbocycles. The summed E-state index contributed by atoms with van der Waals surface area (Å²) in [4.78, 5) is 11.4. The van der Waals surface area contributed by atoms with E-state index in [2.05, 4.69) is 10.6 Å². The second kappa shape index (κ2) is 6.80. The average Bonchev–Trinajstić information content (AvgIpc) is 2.43. The maximum Gasteiger partial charge on any atom is 0.224 e. The Morgan fingerprint density at radius 3 is 2.74 bits per heavy atom. The van der Waals surface area contributed by atoms with Crippen molar-refractivity contribution in [3.05, 3.63) is 23.2 Å². The number of amides is 1. The quantitative estimate of drug-likeness (QED) is 0.856. The van der Waals surface area contributed by atoms with E-state index in [1.807, 2.05) is 25.1 Å². The lowest BCUT2D eigenvalue weighted by atomic mass is 9.95. The Morgan fingerprint density at radius 2 is 2.05 bits per heavy atom. The van der Waals surface area contributed by atoms with Gasteiger partial charge in [0.05, 0.1) is 10.7 Å².